The highest BCUT2D eigenvalue weighted by atomic mass is 16.6. The zero-order valence-electron chi connectivity index (χ0n) is 54.4. The molecule has 21 nitrogen and oxygen atoms in total. The molecule has 0 saturated carbocycles. The molecule has 0 bridgehead atoms. The van der Waals surface area contributed by atoms with Crippen LogP contribution < -0.4 is 35.9 Å². The van der Waals surface area contributed by atoms with Gasteiger partial charge in [-0.15, -0.1) is 0 Å². The van der Waals surface area contributed by atoms with Crippen LogP contribution in [0.25, 0.3) is 0 Å². The number of benzene rings is 4. The molecule has 7 rings (SSSR count). The summed E-state index contributed by atoms with van der Waals surface area (Å²) in [5.74, 6) is -3.82. The van der Waals surface area contributed by atoms with Gasteiger partial charge in [-0.3, -0.25) is 38.4 Å². The summed E-state index contributed by atoms with van der Waals surface area (Å²) in [6, 6.07) is 20.0. The number of phenolic OH excluding ortho intramolecular Hbond substituents is 1. The van der Waals surface area contributed by atoms with Crippen LogP contribution in [0, 0.1) is 17.8 Å². The Balaban J connectivity index is 0.000000294. The second-order valence-electron chi connectivity index (χ2n) is 23.5. The van der Waals surface area contributed by atoms with Gasteiger partial charge in [0.05, 0.1) is 45.5 Å². The van der Waals surface area contributed by atoms with Gasteiger partial charge in [-0.25, -0.2) is 0 Å². The Kier molecular flexibility index (Phi) is 28.9. The van der Waals surface area contributed by atoms with E-state index in [1.165, 1.54) is 28.4 Å². The number of hydrogen-bond acceptors (Lipinski definition) is 19. The molecule has 10 unspecified atom stereocenters. The fourth-order valence-electron chi connectivity index (χ4n) is 11.0. The number of methoxy groups -OCH3 is 3. The van der Waals surface area contributed by atoms with E-state index in [0.29, 0.717) is 34.8 Å². The van der Waals surface area contributed by atoms with Gasteiger partial charge in [0.2, 0.25) is 0 Å². The predicted molar refractivity (Wildman–Crippen MR) is 333 cm³/mol. The monoisotopic (exact) mass is 1230 g/mol. The summed E-state index contributed by atoms with van der Waals surface area (Å²) in [6.45, 7) is 26.4. The molecule has 0 amide bonds. The van der Waals surface area contributed by atoms with E-state index in [1.807, 2.05) is 121 Å². The number of fused-ring (bicyclic) bond motifs is 3. The van der Waals surface area contributed by atoms with Crippen molar-refractivity contribution in [1.82, 2.24) is 16.0 Å². The van der Waals surface area contributed by atoms with Gasteiger partial charge in [-0.05, 0) is 95.2 Å². The molecule has 4 aromatic rings. The number of para-hydroxylation sites is 4. The molecule has 21 heteroatoms. The van der Waals surface area contributed by atoms with Crippen LogP contribution in [-0.4, -0.2) is 130 Å². The van der Waals surface area contributed by atoms with Gasteiger partial charge < -0.3 is 65.4 Å². The Bertz CT molecular complexity index is 3040. The normalized spacial score (nSPS) is 19.4. The standard InChI is InChI=1S/C17H23NO4.2C16H21NO4.C12H18O.C6H11NO4/c1-9(2)11-7-6-8-12-10(3)13(16(19)22-15(11)12)14(18-4)17(20)21-5;1-8(2)10-6-5-7-11-9(3)12(13(17-4)15(18)19)16(20)21-14(10)11;1-8(2)10-6-5-7-11-9(3)12(13(17)16(19)20-4)15(18)21-14(10)11;1-8(2)10-6-5-7-11(9(3)4)12(10)13;1-7-4(3-5(8)9)6(10)11-2/h6-10,13-14,18H,1-5H3;5-9,12-13,17H,1-4H3,(H,18,19);5-9,12-13H,17H2,1-4H3;5-9,13H,1-4H3;4,7H,3H2,1-2H3,(H,8,9). The molecule has 0 saturated heterocycles. The van der Waals surface area contributed by atoms with E-state index in [1.54, 1.807) is 14.1 Å². The number of aromatic hydroxyl groups is 1. The van der Waals surface area contributed by atoms with Crippen LogP contribution in [0.15, 0.2) is 72.8 Å². The number of nitrogens with one attached hydrogen (secondary N) is 3. The number of nitrogens with two attached hydrogens (primary N) is 1. The first-order valence-electron chi connectivity index (χ1n) is 29.6. The zero-order chi connectivity index (χ0) is 66.8. The fraction of sp³-hybridized carbons (Fsp3) is 0.522. The molecule has 3 heterocycles. The molecule has 3 aliphatic rings. The fourth-order valence-corrected chi connectivity index (χ4v) is 11.0. The molecule has 484 valence electrons. The Morgan fingerprint density at radius 1 is 0.477 bits per heavy atom. The van der Waals surface area contributed by atoms with E-state index in [-0.39, 0.29) is 41.9 Å². The average molecular weight is 1230 g/mol. The maximum atomic E-state index is 12.5. The number of likely N-dealkylation sites (N-methyl/N-ethyl adjacent to an activating group) is 3. The van der Waals surface area contributed by atoms with E-state index in [9.17, 15) is 48.6 Å². The van der Waals surface area contributed by atoms with E-state index >= 15 is 0 Å². The van der Waals surface area contributed by atoms with Gasteiger partial charge in [-0.1, -0.05) is 163 Å². The molecule has 4 aromatic carbocycles. The van der Waals surface area contributed by atoms with Gasteiger partial charge in [0.15, 0.2) is 0 Å². The number of hydrogen-bond donors (Lipinski definition) is 7. The lowest BCUT2D eigenvalue weighted by Crippen LogP contribution is -2.49. The van der Waals surface area contributed by atoms with Crippen molar-refractivity contribution in [3.8, 4) is 23.0 Å². The Labute approximate surface area is 518 Å². The Morgan fingerprint density at radius 3 is 1.08 bits per heavy atom. The Morgan fingerprint density at radius 2 is 0.784 bits per heavy atom. The van der Waals surface area contributed by atoms with Crippen molar-refractivity contribution in [3.05, 3.63) is 117 Å². The van der Waals surface area contributed by atoms with Gasteiger partial charge in [0, 0.05) is 17.8 Å². The van der Waals surface area contributed by atoms with Gasteiger partial charge in [-0.2, -0.15) is 0 Å². The van der Waals surface area contributed by atoms with Crippen molar-refractivity contribution < 1.29 is 82.1 Å². The number of carboxylic acids is 2. The number of aliphatic carboxylic acids is 2. The maximum Gasteiger partial charge on any atom is 0.323 e. The molecule has 3 aliphatic heterocycles. The maximum absolute atomic E-state index is 12.5. The number of carbonyl (C=O) groups excluding carboxylic acids is 6. The molecule has 0 fully saturated rings. The zero-order valence-corrected chi connectivity index (χ0v) is 54.4. The minimum Gasteiger partial charge on any atom is -0.507 e. The third-order valence-corrected chi connectivity index (χ3v) is 16.1. The van der Waals surface area contributed by atoms with Crippen molar-refractivity contribution in [2.75, 3.05) is 42.5 Å². The molecule has 0 aliphatic carbocycles. The second kappa shape index (κ2) is 34.1. The highest BCUT2D eigenvalue weighted by Crippen LogP contribution is 2.46. The summed E-state index contributed by atoms with van der Waals surface area (Å²) < 4.78 is 30.4. The van der Waals surface area contributed by atoms with Crippen molar-refractivity contribution in [1.29, 1.82) is 0 Å². The van der Waals surface area contributed by atoms with E-state index in [4.69, 9.17) is 29.8 Å². The lowest BCUT2D eigenvalue weighted by Gasteiger charge is -2.34. The number of ether oxygens (including phenoxy) is 6. The van der Waals surface area contributed by atoms with Gasteiger partial charge in [0.1, 0.15) is 47.2 Å². The molecular formula is C67H94N4O17. The minimum absolute atomic E-state index is 0.133. The van der Waals surface area contributed by atoms with Crippen LogP contribution in [-0.2, 0) is 52.6 Å². The van der Waals surface area contributed by atoms with Crippen molar-refractivity contribution in [2.24, 2.45) is 23.5 Å². The predicted octanol–water partition coefficient (Wildman–Crippen LogP) is 9.14. The van der Waals surface area contributed by atoms with Crippen molar-refractivity contribution in [2.45, 2.75) is 168 Å². The summed E-state index contributed by atoms with van der Waals surface area (Å²) in [5, 5.41) is 35.6. The quantitative estimate of drug-likeness (QED) is 0.0294. The molecule has 8 N–H and O–H groups in total. The summed E-state index contributed by atoms with van der Waals surface area (Å²) in [4.78, 5) is 92.9. The van der Waals surface area contributed by atoms with Crippen LogP contribution in [0.4, 0.5) is 0 Å². The van der Waals surface area contributed by atoms with E-state index in [2.05, 4.69) is 67.0 Å². The average Bonchev–Trinajstić information content (AvgIpc) is 1.63. The first-order valence-corrected chi connectivity index (χ1v) is 29.6. The number of carbonyl (C=O) groups is 8. The summed E-state index contributed by atoms with van der Waals surface area (Å²) >= 11 is 0. The summed E-state index contributed by atoms with van der Waals surface area (Å²) in [5.41, 5.74) is 13.7. The highest BCUT2D eigenvalue weighted by molar-refractivity contribution is 5.90. The van der Waals surface area contributed by atoms with Crippen LogP contribution in [0.3, 0.4) is 0 Å². The first kappa shape index (κ1) is 74.5. The van der Waals surface area contributed by atoms with Crippen LogP contribution in [0.2, 0.25) is 0 Å². The second-order valence-corrected chi connectivity index (χ2v) is 23.5. The minimum atomic E-state index is -1.05. The third kappa shape index (κ3) is 18.2. The molecule has 88 heavy (non-hydrogen) atoms. The van der Waals surface area contributed by atoms with E-state index < -0.39 is 89.7 Å². The van der Waals surface area contributed by atoms with Crippen LogP contribution >= 0.6 is 0 Å². The summed E-state index contributed by atoms with van der Waals surface area (Å²) in [6.07, 6.45) is -0.261. The molecule has 0 aromatic heterocycles. The first-order chi connectivity index (χ1) is 41.3. The number of phenols is 1. The Hall–Kier alpha value is -7.72. The van der Waals surface area contributed by atoms with Gasteiger partial charge in [0.25, 0.3) is 0 Å². The van der Waals surface area contributed by atoms with Crippen molar-refractivity contribution >= 4 is 47.8 Å². The lowest BCUT2D eigenvalue weighted by atomic mass is 9.79. The molecule has 10 atom stereocenters. The van der Waals surface area contributed by atoms with E-state index in [0.717, 1.165) is 44.5 Å². The molecule has 0 spiro atoms. The van der Waals surface area contributed by atoms with Crippen molar-refractivity contribution in [3.63, 3.8) is 0 Å². The lowest BCUT2D eigenvalue weighted by molar-refractivity contribution is -0.153. The van der Waals surface area contributed by atoms with Crippen LogP contribution in [0.1, 0.15) is 188 Å². The number of rotatable bonds is 17. The highest BCUT2D eigenvalue weighted by Gasteiger charge is 2.46. The SMILES string of the molecule is CC(C)c1cccc(C(C)C)c1O.CNC(C(=O)O)C1C(=O)Oc2c(C(C)C)cccc2C1C.CNC(C(=O)OC)C1C(=O)Oc2c(C(C)C)cccc2C1C.CNC(CC(=O)O)C(=O)OC.COC(=O)C(N)C1C(=O)Oc2c(C(C)C)cccc2C1C. The molecular weight excluding hydrogens is 1130 g/mol. The third-order valence-electron chi connectivity index (χ3n) is 16.1. The number of carboxylic acid groups (broad SMARTS) is 2. The molecule has 0 radical (unpaired) electrons. The van der Waals surface area contributed by atoms with Gasteiger partial charge >= 0.3 is 47.8 Å². The largest absolute Gasteiger partial charge is 0.507 e. The summed E-state index contributed by atoms with van der Waals surface area (Å²) in [7, 11) is 8.47. The van der Waals surface area contributed by atoms with Crippen LogP contribution in [0.5, 0.6) is 23.0 Å². The number of esters is 6. The smallest absolute Gasteiger partial charge is 0.323 e. The topological polar surface area (TPSA) is 315 Å².